The lowest BCUT2D eigenvalue weighted by Crippen LogP contribution is -2.57. The van der Waals surface area contributed by atoms with Gasteiger partial charge in [0, 0.05) is 30.7 Å². The first-order valence-electron chi connectivity index (χ1n) is 17.3. The number of carbonyl (C=O) groups is 4. The topological polar surface area (TPSA) is 152 Å². The fourth-order valence-corrected chi connectivity index (χ4v) is 6.27. The summed E-state index contributed by atoms with van der Waals surface area (Å²) in [6.07, 6.45) is 2.81. The van der Waals surface area contributed by atoms with E-state index in [1.807, 2.05) is 80.6 Å². The van der Waals surface area contributed by atoms with Crippen molar-refractivity contribution in [3.63, 3.8) is 0 Å². The Kier molecular flexibility index (Phi) is 11.9. The predicted octanol–water partition coefficient (Wildman–Crippen LogP) is 5.46. The number of hydrogen-bond acceptors (Lipinski definition) is 7. The number of esters is 1. The second kappa shape index (κ2) is 16.5. The van der Waals surface area contributed by atoms with Crippen LogP contribution in [0.15, 0.2) is 91.4 Å². The van der Waals surface area contributed by atoms with E-state index in [2.05, 4.69) is 38.1 Å². The Bertz CT molecular complexity index is 1760. The highest BCUT2D eigenvalue weighted by Gasteiger charge is 2.34. The van der Waals surface area contributed by atoms with E-state index in [-0.39, 0.29) is 31.3 Å². The Morgan fingerprint density at radius 2 is 1.33 bits per heavy atom. The van der Waals surface area contributed by atoms with Gasteiger partial charge >= 0.3 is 12.1 Å². The van der Waals surface area contributed by atoms with Gasteiger partial charge in [-0.05, 0) is 60.9 Å². The summed E-state index contributed by atoms with van der Waals surface area (Å²) in [5.41, 5.74) is 4.99. The second-order valence-electron chi connectivity index (χ2n) is 14.3. The molecule has 0 saturated heterocycles. The van der Waals surface area contributed by atoms with Crippen molar-refractivity contribution in [1.82, 2.24) is 25.9 Å². The second-order valence-corrected chi connectivity index (χ2v) is 14.3. The highest BCUT2D eigenvalue weighted by Crippen LogP contribution is 2.44. The van der Waals surface area contributed by atoms with Crippen molar-refractivity contribution in [3.05, 3.63) is 114 Å². The highest BCUT2D eigenvalue weighted by atomic mass is 16.6. The zero-order valence-electron chi connectivity index (χ0n) is 29.8. The third-order valence-electron chi connectivity index (χ3n) is 8.56. The molecule has 0 radical (unpaired) electrons. The van der Waals surface area contributed by atoms with Gasteiger partial charge in [0.05, 0.1) is 6.33 Å². The van der Waals surface area contributed by atoms with Crippen LogP contribution < -0.4 is 16.0 Å². The minimum atomic E-state index is -1.11. The molecule has 0 saturated carbocycles. The number of amides is 3. The number of aromatic nitrogens is 2. The zero-order valence-corrected chi connectivity index (χ0v) is 29.8. The summed E-state index contributed by atoms with van der Waals surface area (Å²) in [6, 6.07) is 22.2. The Morgan fingerprint density at radius 3 is 1.90 bits per heavy atom. The van der Waals surface area contributed by atoms with E-state index >= 15 is 0 Å². The van der Waals surface area contributed by atoms with E-state index in [0.717, 1.165) is 27.8 Å². The van der Waals surface area contributed by atoms with Crippen LogP contribution in [-0.2, 0) is 36.7 Å². The number of rotatable bonds is 14. The maximum atomic E-state index is 14.0. The highest BCUT2D eigenvalue weighted by molar-refractivity contribution is 5.93. The molecule has 0 bridgehead atoms. The van der Waals surface area contributed by atoms with E-state index in [0.29, 0.717) is 12.1 Å². The summed E-state index contributed by atoms with van der Waals surface area (Å²) < 4.78 is 11.4. The molecule has 11 nitrogen and oxygen atoms in total. The number of hydrogen-bond donors (Lipinski definition) is 4. The number of aromatic amines is 1. The largest absolute Gasteiger partial charge is 0.458 e. The molecule has 268 valence electrons. The maximum Gasteiger partial charge on any atom is 0.407 e. The molecule has 4 aromatic rings. The van der Waals surface area contributed by atoms with Crippen LogP contribution in [0.3, 0.4) is 0 Å². The molecule has 51 heavy (non-hydrogen) atoms. The van der Waals surface area contributed by atoms with Crippen LogP contribution >= 0.6 is 0 Å². The molecule has 0 aliphatic heterocycles. The Labute approximate surface area is 298 Å². The van der Waals surface area contributed by atoms with Gasteiger partial charge in [-0.3, -0.25) is 9.59 Å². The lowest BCUT2D eigenvalue weighted by atomic mass is 9.98. The molecule has 1 aromatic heterocycles. The van der Waals surface area contributed by atoms with Crippen molar-refractivity contribution >= 4 is 23.9 Å². The number of H-pyrrole nitrogens is 1. The fourth-order valence-electron chi connectivity index (χ4n) is 6.27. The van der Waals surface area contributed by atoms with Gasteiger partial charge in [0.15, 0.2) is 0 Å². The van der Waals surface area contributed by atoms with Crippen molar-refractivity contribution < 1.29 is 28.7 Å². The smallest absolute Gasteiger partial charge is 0.407 e. The Balaban J connectivity index is 1.32. The summed E-state index contributed by atoms with van der Waals surface area (Å²) in [6.45, 7) is 9.24. The van der Waals surface area contributed by atoms with Crippen LogP contribution in [-0.4, -0.2) is 64.2 Å². The molecule has 1 heterocycles. The molecule has 1 aliphatic carbocycles. The van der Waals surface area contributed by atoms with Crippen molar-refractivity contribution in [1.29, 1.82) is 0 Å². The van der Waals surface area contributed by atoms with Gasteiger partial charge in [-0.15, -0.1) is 0 Å². The van der Waals surface area contributed by atoms with E-state index in [1.54, 1.807) is 27.0 Å². The van der Waals surface area contributed by atoms with Crippen LogP contribution in [0.4, 0.5) is 4.79 Å². The average molecular weight is 694 g/mol. The summed E-state index contributed by atoms with van der Waals surface area (Å²) in [5, 5.41) is 8.39. The Morgan fingerprint density at radius 1 is 0.765 bits per heavy atom. The lowest BCUT2D eigenvalue weighted by molar-refractivity contribution is -0.159. The summed E-state index contributed by atoms with van der Waals surface area (Å²) in [4.78, 5) is 61.4. The molecule has 4 N–H and O–H groups in total. The van der Waals surface area contributed by atoms with E-state index in [9.17, 15) is 19.2 Å². The molecule has 11 heteroatoms. The van der Waals surface area contributed by atoms with E-state index in [1.165, 1.54) is 6.33 Å². The molecular formula is C40H47N5O6. The molecule has 5 rings (SSSR count). The normalized spacial score (nSPS) is 14.1. The number of nitrogens with one attached hydrogen (secondary N) is 4. The average Bonchev–Trinajstić information content (AvgIpc) is 3.72. The molecule has 3 aromatic carbocycles. The van der Waals surface area contributed by atoms with Gasteiger partial charge in [0.1, 0.15) is 30.3 Å². The van der Waals surface area contributed by atoms with Crippen LogP contribution in [0.1, 0.15) is 69.3 Å². The first-order chi connectivity index (χ1) is 24.4. The van der Waals surface area contributed by atoms with Crippen molar-refractivity contribution in [2.45, 2.75) is 83.5 Å². The minimum Gasteiger partial charge on any atom is -0.458 e. The van der Waals surface area contributed by atoms with E-state index < -0.39 is 47.6 Å². The van der Waals surface area contributed by atoms with Crippen molar-refractivity contribution in [2.75, 3.05) is 6.61 Å². The molecule has 3 atom stereocenters. The summed E-state index contributed by atoms with van der Waals surface area (Å²) >= 11 is 0. The SMILES string of the molecule is CC(C)C[C@H](NC(=O)[C@H](Cc1cnc[nH]1)NC(=O)[C@H](Cc1ccccc1)NC(=O)OCC1c2ccccc2-c2ccccc21)C(=O)OC(C)(C)C. The Hall–Kier alpha value is -5.45. The number of benzene rings is 3. The predicted molar refractivity (Wildman–Crippen MR) is 194 cm³/mol. The van der Waals surface area contributed by atoms with Crippen molar-refractivity contribution in [2.24, 2.45) is 5.92 Å². The number of imidazole rings is 1. The molecular weight excluding hydrogens is 646 g/mol. The van der Waals surface area contributed by atoms with Gasteiger partial charge in [-0.2, -0.15) is 0 Å². The number of ether oxygens (including phenoxy) is 2. The molecule has 0 spiro atoms. The van der Waals surface area contributed by atoms with Crippen LogP contribution in [0, 0.1) is 5.92 Å². The molecule has 1 aliphatic rings. The maximum absolute atomic E-state index is 14.0. The summed E-state index contributed by atoms with van der Waals surface area (Å²) in [5.74, 6) is -1.82. The van der Waals surface area contributed by atoms with Gasteiger partial charge in [-0.1, -0.05) is 92.7 Å². The molecule has 0 unspecified atom stereocenters. The third-order valence-corrected chi connectivity index (χ3v) is 8.56. The van der Waals surface area contributed by atoms with Crippen LogP contribution in [0.25, 0.3) is 11.1 Å². The number of carbonyl (C=O) groups excluding carboxylic acids is 4. The van der Waals surface area contributed by atoms with Crippen LogP contribution in [0.2, 0.25) is 0 Å². The van der Waals surface area contributed by atoms with Crippen LogP contribution in [0.5, 0.6) is 0 Å². The van der Waals surface area contributed by atoms with Gasteiger partial charge in [0.25, 0.3) is 0 Å². The minimum absolute atomic E-state index is 0.0588. The first-order valence-corrected chi connectivity index (χ1v) is 17.3. The first kappa shape index (κ1) is 36.8. The molecule has 3 amide bonds. The zero-order chi connectivity index (χ0) is 36.5. The third kappa shape index (κ3) is 10.1. The standard InChI is InChI=1S/C40H47N5O6/c1-25(2)19-35(38(48)51-40(3,4)5)44-37(47)34(21-27-22-41-24-42-27)43-36(46)33(20-26-13-7-6-8-14-26)45-39(49)50-23-32-30-17-11-9-15-28(30)29-16-10-12-18-31(29)32/h6-18,22,24-25,32-35H,19-21,23H2,1-5H3,(H,41,42)(H,43,46)(H,44,47)(H,45,49)/t33-,34-,35-/m0/s1. The number of fused-ring (bicyclic) bond motifs is 3. The van der Waals surface area contributed by atoms with E-state index in [4.69, 9.17) is 9.47 Å². The summed E-state index contributed by atoms with van der Waals surface area (Å²) in [7, 11) is 0. The quantitative estimate of drug-likeness (QED) is 0.128. The monoisotopic (exact) mass is 693 g/mol. The van der Waals surface area contributed by atoms with Gasteiger partial charge < -0.3 is 30.4 Å². The lowest BCUT2D eigenvalue weighted by Gasteiger charge is -2.28. The van der Waals surface area contributed by atoms with Gasteiger partial charge in [-0.25, -0.2) is 14.6 Å². The number of nitrogens with zero attached hydrogens (tertiary/aromatic N) is 1. The molecule has 0 fully saturated rings. The van der Waals surface area contributed by atoms with Crippen molar-refractivity contribution in [3.8, 4) is 11.1 Å². The van der Waals surface area contributed by atoms with Gasteiger partial charge in [0.2, 0.25) is 11.8 Å². The fraction of sp³-hybridized carbons (Fsp3) is 0.375. The number of alkyl carbamates (subject to hydrolysis) is 1.